The van der Waals surface area contributed by atoms with Gasteiger partial charge in [-0.3, -0.25) is 9.98 Å². The lowest BCUT2D eigenvalue weighted by atomic mass is 10.3. The van der Waals surface area contributed by atoms with Crippen LogP contribution in [0.1, 0.15) is 5.82 Å². The molecule has 0 saturated carbocycles. The highest BCUT2D eigenvalue weighted by molar-refractivity contribution is 5.91. The highest BCUT2D eigenvalue weighted by atomic mass is 16.3. The number of aliphatic hydroxyl groups is 1. The van der Waals surface area contributed by atoms with Gasteiger partial charge in [0, 0.05) is 7.05 Å². The maximum atomic E-state index is 9.25. The number of rotatable bonds is 2. The van der Waals surface area contributed by atoms with Gasteiger partial charge in [0.15, 0.2) is 0 Å². The molecule has 0 spiro atoms. The standard InChI is InChI=1S/C10H12N6O/c1-15(14-12)10(11)16-8-5-3-2-4-7(8)13-9(16)6-17/h2-5,11-12,17H,6H2,1H3. The van der Waals surface area contributed by atoms with Gasteiger partial charge < -0.3 is 5.11 Å². The van der Waals surface area contributed by atoms with Crippen LogP contribution in [-0.2, 0) is 6.61 Å². The van der Waals surface area contributed by atoms with Crippen LogP contribution in [0.15, 0.2) is 29.5 Å². The number of nitrogens with one attached hydrogen (secondary N) is 2. The normalized spacial score (nSPS) is 10.5. The fourth-order valence-electron chi connectivity index (χ4n) is 1.61. The Morgan fingerprint density at radius 1 is 1.53 bits per heavy atom. The van der Waals surface area contributed by atoms with Crippen LogP contribution in [0.4, 0.5) is 0 Å². The van der Waals surface area contributed by atoms with E-state index in [0.717, 1.165) is 5.01 Å². The fraction of sp³-hybridized carbons (Fsp3) is 0.200. The van der Waals surface area contributed by atoms with E-state index in [4.69, 9.17) is 10.9 Å². The summed E-state index contributed by atoms with van der Waals surface area (Å²) in [4.78, 5) is 4.21. The van der Waals surface area contributed by atoms with Crippen molar-refractivity contribution in [2.24, 2.45) is 5.22 Å². The van der Waals surface area contributed by atoms with E-state index in [9.17, 15) is 5.11 Å². The van der Waals surface area contributed by atoms with Crippen LogP contribution in [0.2, 0.25) is 0 Å². The number of nitrogens with zero attached hydrogens (tertiary/aromatic N) is 4. The zero-order chi connectivity index (χ0) is 12.4. The van der Waals surface area contributed by atoms with Gasteiger partial charge in [-0.15, -0.1) is 0 Å². The SMILES string of the molecule is CN(N=N)C(=N)n1c(CO)nc2ccccc21. The van der Waals surface area contributed by atoms with E-state index in [2.05, 4.69) is 10.2 Å². The van der Waals surface area contributed by atoms with Gasteiger partial charge >= 0.3 is 0 Å². The van der Waals surface area contributed by atoms with E-state index < -0.39 is 0 Å². The Hall–Kier alpha value is -2.28. The maximum absolute atomic E-state index is 9.25. The summed E-state index contributed by atoms with van der Waals surface area (Å²) < 4.78 is 1.47. The monoisotopic (exact) mass is 232 g/mol. The predicted molar refractivity (Wildman–Crippen MR) is 61.7 cm³/mol. The molecule has 0 aliphatic carbocycles. The van der Waals surface area contributed by atoms with E-state index >= 15 is 0 Å². The number of aliphatic hydroxyl groups excluding tert-OH is 1. The number of hydrogen-bond acceptors (Lipinski definition) is 5. The second-order valence-electron chi connectivity index (χ2n) is 3.46. The molecule has 0 aliphatic rings. The molecule has 0 aliphatic heterocycles. The molecule has 1 heterocycles. The summed E-state index contributed by atoms with van der Waals surface area (Å²) in [5, 5.41) is 21.4. The number of fused-ring (bicyclic) bond motifs is 1. The zero-order valence-corrected chi connectivity index (χ0v) is 9.25. The molecule has 2 rings (SSSR count). The van der Waals surface area contributed by atoms with Gasteiger partial charge in [0.25, 0.3) is 0 Å². The van der Waals surface area contributed by atoms with E-state index in [0.29, 0.717) is 16.9 Å². The van der Waals surface area contributed by atoms with Gasteiger partial charge in [0.1, 0.15) is 12.4 Å². The second kappa shape index (κ2) is 4.30. The molecule has 17 heavy (non-hydrogen) atoms. The summed E-state index contributed by atoms with van der Waals surface area (Å²) in [6.07, 6.45) is 0. The molecule has 0 bridgehead atoms. The number of hydrogen-bond donors (Lipinski definition) is 3. The van der Waals surface area contributed by atoms with Crippen LogP contribution in [0.25, 0.3) is 11.0 Å². The van der Waals surface area contributed by atoms with Crippen LogP contribution in [0.3, 0.4) is 0 Å². The van der Waals surface area contributed by atoms with Crippen LogP contribution in [-0.4, -0.2) is 32.7 Å². The number of aromatic nitrogens is 2. The van der Waals surface area contributed by atoms with E-state index in [1.807, 2.05) is 12.1 Å². The average molecular weight is 232 g/mol. The summed E-state index contributed by atoms with van der Waals surface area (Å²) in [6.45, 7) is -0.275. The molecule has 1 aromatic heterocycles. The molecular weight excluding hydrogens is 220 g/mol. The molecule has 7 nitrogen and oxygen atoms in total. The Labute approximate surface area is 97.3 Å². The van der Waals surface area contributed by atoms with Gasteiger partial charge in [0.2, 0.25) is 5.96 Å². The van der Waals surface area contributed by atoms with Gasteiger partial charge in [0.05, 0.1) is 11.0 Å². The molecule has 7 heteroatoms. The minimum absolute atomic E-state index is 0.0299. The third-order valence-corrected chi connectivity index (χ3v) is 2.44. The van der Waals surface area contributed by atoms with Gasteiger partial charge in [-0.2, -0.15) is 5.53 Å². The average Bonchev–Trinajstić information content (AvgIpc) is 2.75. The molecule has 0 unspecified atom stereocenters. The number of imidazole rings is 1. The third-order valence-electron chi connectivity index (χ3n) is 2.44. The third kappa shape index (κ3) is 1.76. The lowest BCUT2D eigenvalue weighted by Crippen LogP contribution is -2.28. The second-order valence-corrected chi connectivity index (χ2v) is 3.46. The smallest absolute Gasteiger partial charge is 0.226 e. The van der Waals surface area contributed by atoms with E-state index in [1.54, 1.807) is 12.1 Å². The van der Waals surface area contributed by atoms with Gasteiger partial charge in [-0.05, 0) is 12.1 Å². The first-order valence-electron chi connectivity index (χ1n) is 4.96. The Kier molecular flexibility index (Phi) is 2.84. The quantitative estimate of drug-likeness (QED) is 0.313. The Bertz CT molecular complexity index is 575. The van der Waals surface area contributed by atoms with Crippen molar-refractivity contribution in [2.45, 2.75) is 6.61 Å². The summed E-state index contributed by atoms with van der Waals surface area (Å²) >= 11 is 0. The van der Waals surface area contributed by atoms with Crippen LogP contribution in [0, 0.1) is 10.9 Å². The molecule has 0 fully saturated rings. The van der Waals surface area contributed by atoms with Gasteiger partial charge in [-0.1, -0.05) is 17.4 Å². The molecular formula is C10H12N6O. The molecule has 88 valence electrons. The highest BCUT2D eigenvalue weighted by Crippen LogP contribution is 2.16. The molecule has 0 saturated heterocycles. The van der Waals surface area contributed by atoms with Crippen LogP contribution >= 0.6 is 0 Å². The van der Waals surface area contributed by atoms with Crippen molar-refractivity contribution in [3.63, 3.8) is 0 Å². The summed E-state index contributed by atoms with van der Waals surface area (Å²) in [7, 11) is 1.49. The van der Waals surface area contributed by atoms with Crippen LogP contribution < -0.4 is 0 Å². The van der Waals surface area contributed by atoms with Crippen LogP contribution in [0.5, 0.6) is 0 Å². The van der Waals surface area contributed by atoms with Crippen molar-refractivity contribution in [1.29, 1.82) is 10.9 Å². The molecule has 3 N–H and O–H groups in total. The van der Waals surface area contributed by atoms with Crippen molar-refractivity contribution in [3.05, 3.63) is 30.1 Å². The largest absolute Gasteiger partial charge is 0.388 e. The molecule has 0 atom stereocenters. The van der Waals surface area contributed by atoms with E-state index in [1.165, 1.54) is 11.6 Å². The maximum Gasteiger partial charge on any atom is 0.226 e. The molecule has 1 aromatic carbocycles. The Morgan fingerprint density at radius 2 is 2.24 bits per heavy atom. The lowest BCUT2D eigenvalue weighted by Gasteiger charge is -2.14. The molecule has 0 radical (unpaired) electrons. The predicted octanol–water partition coefficient (Wildman–Crippen LogP) is 1.19. The van der Waals surface area contributed by atoms with E-state index in [-0.39, 0.29) is 12.6 Å². The molecule has 2 aromatic rings. The molecule has 0 amide bonds. The number of benzene rings is 1. The Balaban J connectivity index is 2.65. The van der Waals surface area contributed by atoms with Gasteiger partial charge in [-0.25, -0.2) is 9.99 Å². The minimum atomic E-state index is -0.275. The summed E-state index contributed by atoms with van der Waals surface area (Å²) in [5.41, 5.74) is 8.29. The van der Waals surface area contributed by atoms with Crippen molar-refractivity contribution < 1.29 is 5.11 Å². The Morgan fingerprint density at radius 3 is 2.88 bits per heavy atom. The fourth-order valence-corrected chi connectivity index (χ4v) is 1.61. The first-order valence-corrected chi connectivity index (χ1v) is 4.96. The van der Waals surface area contributed by atoms with Crippen molar-refractivity contribution in [3.8, 4) is 0 Å². The first-order chi connectivity index (χ1) is 8.19. The summed E-state index contributed by atoms with van der Waals surface area (Å²) in [6, 6.07) is 7.26. The number of para-hydroxylation sites is 2. The van der Waals surface area contributed by atoms with Crippen molar-refractivity contribution in [1.82, 2.24) is 14.6 Å². The lowest BCUT2D eigenvalue weighted by molar-refractivity contribution is 0.269. The van der Waals surface area contributed by atoms with Crippen molar-refractivity contribution in [2.75, 3.05) is 7.05 Å². The summed E-state index contributed by atoms with van der Waals surface area (Å²) in [5.74, 6) is 0.324. The van der Waals surface area contributed by atoms with Crippen molar-refractivity contribution >= 4 is 17.0 Å². The first kappa shape index (κ1) is 11.2. The topological polar surface area (TPSA) is 101 Å². The minimum Gasteiger partial charge on any atom is -0.388 e. The highest BCUT2D eigenvalue weighted by Gasteiger charge is 2.15. The zero-order valence-electron chi connectivity index (χ0n) is 9.25.